The number of hydrogen-bond donors (Lipinski definition) is 0. The Morgan fingerprint density at radius 3 is 2.87 bits per heavy atom. The Morgan fingerprint density at radius 2 is 2.09 bits per heavy atom. The highest BCUT2D eigenvalue weighted by Crippen LogP contribution is 2.30. The fraction of sp³-hybridized carbons (Fsp3) is 0.125. The predicted molar refractivity (Wildman–Crippen MR) is 91.6 cm³/mol. The second kappa shape index (κ2) is 7.14. The Bertz CT molecular complexity index is 825. The standard InChI is InChI=1S/C16H13BrFN3OS/c1-22-15-7-6-12(17)8-11(15)9-23-16-20-19-10-21(16)14-5-3-2-4-13(14)18/h2-8,10H,9H2,1H3. The molecule has 0 aliphatic heterocycles. The van der Waals surface area contributed by atoms with Crippen molar-refractivity contribution >= 4 is 27.7 Å². The SMILES string of the molecule is COc1ccc(Br)cc1CSc1nncn1-c1ccccc1F. The minimum absolute atomic E-state index is 0.311. The zero-order valence-electron chi connectivity index (χ0n) is 12.2. The van der Waals surface area contributed by atoms with Gasteiger partial charge in [-0.3, -0.25) is 4.57 Å². The van der Waals surface area contributed by atoms with Crippen molar-refractivity contribution in [1.29, 1.82) is 0 Å². The van der Waals surface area contributed by atoms with Crippen molar-refractivity contribution in [1.82, 2.24) is 14.8 Å². The first-order chi connectivity index (χ1) is 11.2. The fourth-order valence-corrected chi connectivity index (χ4v) is 3.45. The molecule has 0 unspecified atom stereocenters. The number of benzene rings is 2. The van der Waals surface area contributed by atoms with E-state index in [1.807, 2.05) is 18.2 Å². The van der Waals surface area contributed by atoms with Crippen LogP contribution in [0.5, 0.6) is 5.75 Å². The van der Waals surface area contributed by atoms with Gasteiger partial charge >= 0.3 is 0 Å². The number of halogens is 2. The second-order valence-electron chi connectivity index (χ2n) is 4.68. The maximum absolute atomic E-state index is 14.0. The minimum atomic E-state index is -0.311. The van der Waals surface area contributed by atoms with Crippen LogP contribution in [0.1, 0.15) is 5.56 Å². The van der Waals surface area contributed by atoms with Crippen LogP contribution in [0.4, 0.5) is 4.39 Å². The van der Waals surface area contributed by atoms with E-state index in [0.29, 0.717) is 16.6 Å². The molecule has 0 radical (unpaired) electrons. The van der Waals surface area contributed by atoms with Gasteiger partial charge in [-0.25, -0.2) is 4.39 Å². The van der Waals surface area contributed by atoms with Gasteiger partial charge in [-0.15, -0.1) is 10.2 Å². The highest BCUT2D eigenvalue weighted by atomic mass is 79.9. The number of hydrogen-bond acceptors (Lipinski definition) is 4. The molecule has 0 saturated heterocycles. The van der Waals surface area contributed by atoms with Crippen molar-refractivity contribution in [3.8, 4) is 11.4 Å². The van der Waals surface area contributed by atoms with Crippen LogP contribution < -0.4 is 4.74 Å². The zero-order chi connectivity index (χ0) is 16.2. The third-order valence-corrected chi connectivity index (χ3v) is 4.71. The normalized spacial score (nSPS) is 10.7. The number of thioether (sulfide) groups is 1. The van der Waals surface area contributed by atoms with Crippen molar-refractivity contribution < 1.29 is 9.13 Å². The molecule has 2 aromatic carbocycles. The zero-order valence-corrected chi connectivity index (χ0v) is 14.6. The Labute approximate surface area is 145 Å². The van der Waals surface area contributed by atoms with Crippen LogP contribution in [0.3, 0.4) is 0 Å². The largest absolute Gasteiger partial charge is 0.496 e. The summed E-state index contributed by atoms with van der Waals surface area (Å²) in [4.78, 5) is 0. The summed E-state index contributed by atoms with van der Waals surface area (Å²) in [5, 5.41) is 8.60. The molecule has 0 amide bonds. The smallest absolute Gasteiger partial charge is 0.196 e. The molecule has 23 heavy (non-hydrogen) atoms. The third-order valence-electron chi connectivity index (χ3n) is 3.23. The Kier molecular flexibility index (Phi) is 4.97. The molecule has 0 atom stereocenters. The minimum Gasteiger partial charge on any atom is -0.496 e. The Balaban J connectivity index is 1.85. The van der Waals surface area contributed by atoms with Crippen molar-refractivity contribution in [2.24, 2.45) is 0 Å². The van der Waals surface area contributed by atoms with Crippen LogP contribution in [-0.4, -0.2) is 21.9 Å². The van der Waals surface area contributed by atoms with E-state index in [-0.39, 0.29) is 5.82 Å². The van der Waals surface area contributed by atoms with E-state index in [1.165, 1.54) is 24.2 Å². The molecular weight excluding hydrogens is 381 g/mol. The first-order valence-corrected chi connectivity index (χ1v) is 8.57. The maximum atomic E-state index is 14.0. The maximum Gasteiger partial charge on any atom is 0.196 e. The van der Waals surface area contributed by atoms with E-state index in [0.717, 1.165) is 15.8 Å². The quantitative estimate of drug-likeness (QED) is 0.599. The van der Waals surface area contributed by atoms with Gasteiger partial charge in [0, 0.05) is 15.8 Å². The van der Waals surface area contributed by atoms with Crippen LogP contribution in [0.2, 0.25) is 0 Å². The first-order valence-electron chi connectivity index (χ1n) is 6.79. The molecule has 0 N–H and O–H groups in total. The molecule has 1 aromatic heterocycles. The average molecular weight is 394 g/mol. The molecule has 3 aromatic rings. The summed E-state index contributed by atoms with van der Waals surface area (Å²) in [5.74, 6) is 1.13. The summed E-state index contributed by atoms with van der Waals surface area (Å²) in [7, 11) is 1.64. The van der Waals surface area contributed by atoms with Crippen LogP contribution in [0, 0.1) is 5.82 Å². The van der Waals surface area contributed by atoms with E-state index < -0.39 is 0 Å². The Morgan fingerprint density at radius 1 is 1.26 bits per heavy atom. The van der Waals surface area contributed by atoms with Crippen LogP contribution in [0.25, 0.3) is 5.69 Å². The topological polar surface area (TPSA) is 39.9 Å². The van der Waals surface area contributed by atoms with Crippen molar-refractivity contribution in [3.05, 3.63) is 64.6 Å². The first kappa shape index (κ1) is 16.0. The lowest BCUT2D eigenvalue weighted by Crippen LogP contribution is -1.98. The average Bonchev–Trinajstić information content (AvgIpc) is 3.02. The van der Waals surface area contributed by atoms with Gasteiger partial charge in [0.2, 0.25) is 0 Å². The number of ether oxygens (including phenoxy) is 1. The number of methoxy groups -OCH3 is 1. The molecule has 0 saturated carbocycles. The lowest BCUT2D eigenvalue weighted by atomic mass is 10.2. The number of nitrogens with zero attached hydrogens (tertiary/aromatic N) is 3. The van der Waals surface area contributed by atoms with E-state index in [2.05, 4.69) is 26.1 Å². The molecule has 118 valence electrons. The van der Waals surface area contributed by atoms with Gasteiger partial charge in [0.05, 0.1) is 12.8 Å². The Hall–Kier alpha value is -1.86. The molecule has 7 heteroatoms. The van der Waals surface area contributed by atoms with Crippen molar-refractivity contribution in [3.63, 3.8) is 0 Å². The van der Waals surface area contributed by atoms with Crippen molar-refractivity contribution in [2.45, 2.75) is 10.9 Å². The molecule has 0 fully saturated rings. The highest BCUT2D eigenvalue weighted by molar-refractivity contribution is 9.10. The summed E-state index contributed by atoms with van der Waals surface area (Å²) >= 11 is 4.93. The van der Waals surface area contributed by atoms with E-state index >= 15 is 0 Å². The fourth-order valence-electron chi connectivity index (χ4n) is 2.14. The number of rotatable bonds is 5. The van der Waals surface area contributed by atoms with Crippen molar-refractivity contribution in [2.75, 3.05) is 7.11 Å². The number of aromatic nitrogens is 3. The van der Waals surface area contributed by atoms with Gasteiger partial charge in [0.15, 0.2) is 5.16 Å². The molecule has 3 rings (SSSR count). The van der Waals surface area contributed by atoms with Gasteiger partial charge in [0.1, 0.15) is 17.9 Å². The molecular formula is C16H13BrFN3OS. The molecule has 0 aliphatic carbocycles. The van der Waals surface area contributed by atoms with Gasteiger partial charge < -0.3 is 4.74 Å². The summed E-state index contributed by atoms with van der Waals surface area (Å²) in [6.45, 7) is 0. The molecule has 0 bridgehead atoms. The van der Waals surface area contributed by atoms with Gasteiger partial charge in [-0.2, -0.15) is 0 Å². The van der Waals surface area contributed by atoms with Crippen LogP contribution in [0.15, 0.2) is 58.4 Å². The molecule has 4 nitrogen and oxygen atoms in total. The van der Waals surface area contributed by atoms with E-state index in [4.69, 9.17) is 4.74 Å². The molecule has 0 spiro atoms. The van der Waals surface area contributed by atoms with E-state index in [9.17, 15) is 4.39 Å². The highest BCUT2D eigenvalue weighted by Gasteiger charge is 2.12. The molecule has 0 aliphatic rings. The van der Waals surface area contributed by atoms with E-state index in [1.54, 1.807) is 29.9 Å². The third kappa shape index (κ3) is 3.56. The number of para-hydroxylation sites is 1. The van der Waals surface area contributed by atoms with Gasteiger partial charge in [-0.1, -0.05) is 39.8 Å². The second-order valence-corrected chi connectivity index (χ2v) is 6.54. The predicted octanol–water partition coefficient (Wildman–Crippen LogP) is 4.47. The van der Waals surface area contributed by atoms with Crippen LogP contribution >= 0.6 is 27.7 Å². The summed E-state index contributed by atoms with van der Waals surface area (Å²) < 4.78 is 21.9. The van der Waals surface area contributed by atoms with Gasteiger partial charge in [0.25, 0.3) is 0 Å². The molecule has 1 heterocycles. The monoisotopic (exact) mass is 393 g/mol. The van der Waals surface area contributed by atoms with Crippen LogP contribution in [-0.2, 0) is 5.75 Å². The van der Waals surface area contributed by atoms with Gasteiger partial charge in [-0.05, 0) is 30.3 Å². The lowest BCUT2D eigenvalue weighted by Gasteiger charge is -2.10. The summed E-state index contributed by atoms with van der Waals surface area (Å²) in [5.41, 5.74) is 1.45. The summed E-state index contributed by atoms with van der Waals surface area (Å²) in [6, 6.07) is 12.4. The lowest BCUT2D eigenvalue weighted by molar-refractivity contribution is 0.411. The summed E-state index contributed by atoms with van der Waals surface area (Å²) in [6.07, 6.45) is 1.51.